The lowest BCUT2D eigenvalue weighted by atomic mass is 9.16. The summed E-state index contributed by atoms with van der Waals surface area (Å²) < 4.78 is 0. The molecule has 0 amide bonds. The Hall–Kier alpha value is 0. The molecule has 752 valence electrons. The molecule has 0 aromatic heterocycles. The predicted octanol–water partition coefficient (Wildman–Crippen LogP) is 35.3. The van der Waals surface area contributed by atoms with E-state index < -0.39 is 0 Å². The van der Waals surface area contributed by atoms with E-state index in [0.29, 0.717) is 168 Å². The molecular weight excluding hydrogens is 1660 g/mol. The van der Waals surface area contributed by atoms with Gasteiger partial charge in [-0.25, -0.2) is 0 Å². The Balaban J connectivity index is 0.000000112. The molecule has 0 nitrogen and oxygen atoms in total. The fourth-order valence-electron chi connectivity index (χ4n) is 74.7. The fourth-order valence-corrected chi connectivity index (χ4v) is 74.7. The van der Waals surface area contributed by atoms with Crippen LogP contribution in [-0.2, 0) is 0 Å². The van der Waals surface area contributed by atoms with Gasteiger partial charge in [0.05, 0.1) is 0 Å². The van der Waals surface area contributed by atoms with Crippen LogP contribution in [0.25, 0.3) is 0 Å². The van der Waals surface area contributed by atoms with Gasteiger partial charge in [-0.1, -0.05) is 132 Å². The molecule has 0 aromatic carbocycles. The van der Waals surface area contributed by atoms with Gasteiger partial charge in [-0.15, -0.1) is 0 Å². The van der Waals surface area contributed by atoms with E-state index >= 15 is 0 Å². The fraction of sp³-hybridized carbons (Fsp3) is 1.00. The standard InChI is InChI=1S/C70H102.C68H98/c1-11-66-30-58(5)22-51-53(66)26-65(35-64-24-43-39-12-55(2)13-40(63(39,10)34-64)44(25-64)62(43,9)28-55)27-54(66)52(23-58)70(51,36-65)38-69-33-60(7)18-47-49(69)20-59(6)21-50(69)48(19-60)68(47,32-59)37-67-31-57(4)14-41-45(67)16-56(3)17-46(67)42(15-57)61(41,8)29-56;1-54-13-42-48-23-65(24-49(59(48,6)27-54)43(14-54)61(42,8)31-65)33-63-10-37-38-11-64(34-66-25-50-44-15-55(2)16-45(62(44,9)32-66)51(26-66)60(50,7)28-55)12-39(37)41(22-63)68(35-64,40(38)21-63)36-67-30-57(4)17-46-52(67)19-56(3)20-53(67)47(18-57)58(46,5)29-56/h39-54H,11-38H2,1-10H3;37-53H,10-36H2,1-9H3. The van der Waals surface area contributed by atoms with E-state index in [1.54, 1.807) is 347 Å². The van der Waals surface area contributed by atoms with Crippen LogP contribution >= 0.6 is 0 Å². The molecule has 0 heterocycles. The molecule has 0 heteroatoms. The van der Waals surface area contributed by atoms with Crippen LogP contribution in [0.15, 0.2) is 0 Å². The largest absolute Gasteiger partial charge is 0.0648 e. The van der Waals surface area contributed by atoms with Gasteiger partial charge >= 0.3 is 0 Å². The molecule has 56 aliphatic rings. The molecule has 0 N–H and O–H groups in total. The zero-order valence-corrected chi connectivity index (χ0v) is 92.4. The number of rotatable bonds is 13. The van der Waals surface area contributed by atoms with Crippen LogP contribution < -0.4 is 0 Å². The molecule has 32 unspecified atom stereocenters. The van der Waals surface area contributed by atoms with Crippen LogP contribution in [0.4, 0.5) is 0 Å². The summed E-state index contributed by atoms with van der Waals surface area (Å²) in [4.78, 5) is 0. The third kappa shape index (κ3) is 8.31. The monoisotopic (exact) mass is 1860 g/mol. The van der Waals surface area contributed by atoms with Crippen LogP contribution in [0.5, 0.6) is 0 Å². The maximum atomic E-state index is 2.98. The van der Waals surface area contributed by atoms with E-state index in [9.17, 15) is 0 Å². The Bertz CT molecular complexity index is 5460. The molecule has 56 fully saturated rings. The van der Waals surface area contributed by atoms with Crippen molar-refractivity contribution in [3.8, 4) is 0 Å². The molecule has 0 aliphatic heterocycles. The smallest absolute Gasteiger partial charge is 0.0224 e. The SMILES string of the molecule is CC12CC3C4CC5(CC67CC8C9CC%10(CC%11%12CC%13C%14CC%15(C)CC(C(C%11)C%13(C)C%15)C%14(C)C%12)CC8C(C6)C(CC68CC%11(C)CC%12C6CC6(C)CC8C(C%11)C%12(C)C6)(C%10)C9C7)CC(C(C1)C3(C)C5)C4(C)C2.CCC12CC3(C)CC4C1CC1(CC56CC7C8CC9(C)CC(C(C5)C7(C)C9)C8(C)C6)CC2C(C3)C4(CC23CC4(C)CC5C2CC2(C)CC3C(C4)C5(CC34CC5(C)CC6C3CC3(C)CC4C(C5)C6(C)C3)C2)C1. The summed E-state index contributed by atoms with van der Waals surface area (Å²) in [6.07, 6.45) is 91.7. The number of hydrogen-bond donors (Lipinski definition) is 0. The summed E-state index contributed by atoms with van der Waals surface area (Å²) in [6, 6.07) is 0. The Kier molecular flexibility index (Phi) is 13.3. The lowest BCUT2D eigenvalue weighted by Gasteiger charge is -2.88. The summed E-state index contributed by atoms with van der Waals surface area (Å²) in [5, 5.41) is 0. The first-order valence-corrected chi connectivity index (χ1v) is 64.7. The maximum Gasteiger partial charge on any atom is -0.0224 e. The first-order valence-electron chi connectivity index (χ1n) is 64.7. The van der Waals surface area contributed by atoms with Gasteiger partial charge in [0.2, 0.25) is 0 Å². The molecular formula is C138H200. The highest BCUT2D eigenvalue weighted by atomic mass is 15.0. The lowest BCUT2D eigenvalue weighted by molar-refractivity contribution is -0.393. The molecule has 0 saturated heterocycles. The second-order valence-corrected chi connectivity index (χ2v) is 78.8. The van der Waals surface area contributed by atoms with Crippen molar-refractivity contribution in [3.63, 3.8) is 0 Å². The van der Waals surface area contributed by atoms with Crippen molar-refractivity contribution >= 4 is 0 Å². The van der Waals surface area contributed by atoms with Crippen LogP contribution in [0.1, 0.15) is 485 Å². The van der Waals surface area contributed by atoms with Gasteiger partial charge in [-0.05, 0) is 716 Å². The first-order chi connectivity index (χ1) is 64.7. The minimum Gasteiger partial charge on any atom is -0.0648 e. The highest BCUT2D eigenvalue weighted by Gasteiger charge is 2.92. The third-order valence-electron chi connectivity index (χ3n) is 72.0. The topological polar surface area (TPSA) is 0 Å². The predicted molar refractivity (Wildman–Crippen MR) is 552 cm³/mol. The van der Waals surface area contributed by atoms with E-state index in [-0.39, 0.29) is 0 Å². The highest BCUT2D eigenvalue weighted by Crippen LogP contribution is 3.00. The Morgan fingerprint density at radius 2 is 0.275 bits per heavy atom. The van der Waals surface area contributed by atoms with Crippen molar-refractivity contribution < 1.29 is 0 Å². The van der Waals surface area contributed by atoms with E-state index in [4.69, 9.17) is 0 Å². The minimum atomic E-state index is 0.636. The third-order valence-corrected chi connectivity index (χ3v) is 72.0. The molecule has 0 aromatic rings. The average Bonchev–Trinajstić information content (AvgIpc) is 0.620. The van der Waals surface area contributed by atoms with Crippen molar-refractivity contribution in [3.05, 3.63) is 0 Å². The summed E-state index contributed by atoms with van der Waals surface area (Å²) in [6.45, 7) is 54.8. The zero-order chi connectivity index (χ0) is 92.4. The Morgan fingerprint density at radius 1 is 0.123 bits per heavy atom. The summed E-state index contributed by atoms with van der Waals surface area (Å²) in [5.74, 6) is 35.7. The van der Waals surface area contributed by atoms with Crippen molar-refractivity contribution in [1.29, 1.82) is 0 Å². The maximum absolute atomic E-state index is 2.98. The molecule has 0 spiro atoms. The van der Waals surface area contributed by atoms with Crippen LogP contribution in [0, 0.1) is 363 Å². The molecule has 138 heavy (non-hydrogen) atoms. The highest BCUT2D eigenvalue weighted by molar-refractivity contribution is 5.41. The first kappa shape index (κ1) is 83.6. The van der Waals surface area contributed by atoms with Gasteiger partial charge < -0.3 is 0 Å². The van der Waals surface area contributed by atoms with Crippen LogP contribution in [0.3, 0.4) is 0 Å². The van der Waals surface area contributed by atoms with Gasteiger partial charge in [0.1, 0.15) is 0 Å². The van der Waals surface area contributed by atoms with Crippen LogP contribution in [-0.4, -0.2) is 0 Å². The molecule has 0 radical (unpaired) electrons. The molecule has 64 bridgehead atoms. The van der Waals surface area contributed by atoms with Gasteiger partial charge in [0, 0.05) is 0 Å². The van der Waals surface area contributed by atoms with Crippen molar-refractivity contribution in [2.75, 3.05) is 0 Å². The van der Waals surface area contributed by atoms with Crippen molar-refractivity contribution in [1.82, 2.24) is 0 Å². The Morgan fingerprint density at radius 3 is 0.536 bits per heavy atom. The molecule has 56 saturated carbocycles. The normalized spacial score (nSPS) is 78.3. The van der Waals surface area contributed by atoms with Crippen LogP contribution in [0.2, 0.25) is 0 Å². The minimum absolute atomic E-state index is 0.636. The van der Waals surface area contributed by atoms with E-state index in [1.165, 1.54) is 6.42 Å². The molecule has 56 rings (SSSR count). The summed E-state index contributed by atoms with van der Waals surface area (Å²) >= 11 is 0. The zero-order valence-electron chi connectivity index (χ0n) is 92.4. The van der Waals surface area contributed by atoms with Gasteiger partial charge in [-0.2, -0.15) is 0 Å². The van der Waals surface area contributed by atoms with Gasteiger partial charge in [0.15, 0.2) is 0 Å². The summed E-state index contributed by atoms with van der Waals surface area (Å²) in [5.41, 5.74) is 21.1. The average molecular weight is 1860 g/mol. The molecule has 32 atom stereocenters. The van der Waals surface area contributed by atoms with Gasteiger partial charge in [-0.3, -0.25) is 0 Å². The summed E-state index contributed by atoms with van der Waals surface area (Å²) in [7, 11) is 0. The Labute approximate surface area is 842 Å². The lowest BCUT2D eigenvalue weighted by Crippen LogP contribution is -2.81. The second-order valence-electron chi connectivity index (χ2n) is 78.8. The molecule has 56 aliphatic carbocycles. The second kappa shape index (κ2) is 21.9. The van der Waals surface area contributed by atoms with Crippen molar-refractivity contribution in [2.45, 2.75) is 485 Å². The van der Waals surface area contributed by atoms with E-state index in [1.807, 2.05) is 0 Å². The van der Waals surface area contributed by atoms with Gasteiger partial charge in [0.25, 0.3) is 0 Å². The van der Waals surface area contributed by atoms with E-state index in [2.05, 4.69) is 132 Å². The number of hydrogen-bond acceptors (Lipinski definition) is 0. The van der Waals surface area contributed by atoms with Crippen molar-refractivity contribution in [2.24, 2.45) is 363 Å². The van der Waals surface area contributed by atoms with E-state index in [0.717, 1.165) is 195 Å². The quantitative estimate of drug-likeness (QED) is 0.172.